The molecule has 1 aromatic heterocycles. The molecule has 6 nitrogen and oxygen atoms in total. The van der Waals surface area contributed by atoms with Gasteiger partial charge < -0.3 is 14.8 Å². The number of hydrogen-bond donors (Lipinski definition) is 2. The Morgan fingerprint density at radius 2 is 1.81 bits per heavy atom. The number of amides is 1. The third kappa shape index (κ3) is 4.65. The first-order chi connectivity index (χ1) is 14.8. The van der Waals surface area contributed by atoms with E-state index < -0.39 is 5.97 Å². The summed E-state index contributed by atoms with van der Waals surface area (Å²) in [7, 11) is 0. The SMILES string of the molecule is Cc1cc(N=C2NC(=O)/C(=C/c3ccc(-c4ccc(C(=O)O)cc4)o3)S2)cc(C)c1Br. The fourth-order valence-corrected chi connectivity index (χ4v) is 4.13. The minimum Gasteiger partial charge on any atom is -0.478 e. The molecule has 2 heterocycles. The topological polar surface area (TPSA) is 91.9 Å². The number of benzene rings is 2. The first kappa shape index (κ1) is 21.1. The number of thioether (sulfide) groups is 1. The lowest BCUT2D eigenvalue weighted by Crippen LogP contribution is -2.19. The van der Waals surface area contributed by atoms with Crippen LogP contribution < -0.4 is 5.32 Å². The van der Waals surface area contributed by atoms with Gasteiger partial charge in [0.25, 0.3) is 5.91 Å². The van der Waals surface area contributed by atoms with Crippen LogP contribution in [0.15, 0.2) is 67.3 Å². The summed E-state index contributed by atoms with van der Waals surface area (Å²) in [5.74, 6) is -0.113. The highest BCUT2D eigenvalue weighted by Crippen LogP contribution is 2.32. The molecule has 0 saturated carbocycles. The highest BCUT2D eigenvalue weighted by Gasteiger charge is 2.24. The second-order valence-corrected chi connectivity index (χ2v) is 8.78. The number of halogens is 1. The summed E-state index contributed by atoms with van der Waals surface area (Å²) in [6.07, 6.45) is 1.66. The molecule has 2 N–H and O–H groups in total. The van der Waals surface area contributed by atoms with E-state index in [9.17, 15) is 9.59 Å². The summed E-state index contributed by atoms with van der Waals surface area (Å²) in [5.41, 5.74) is 3.88. The van der Waals surface area contributed by atoms with Crippen molar-refractivity contribution in [3.05, 3.63) is 80.4 Å². The minimum atomic E-state index is -0.980. The highest BCUT2D eigenvalue weighted by atomic mass is 79.9. The van der Waals surface area contributed by atoms with Crippen molar-refractivity contribution < 1.29 is 19.1 Å². The average Bonchev–Trinajstić information content (AvgIpc) is 3.33. The maximum Gasteiger partial charge on any atom is 0.335 e. The molecule has 1 saturated heterocycles. The van der Waals surface area contributed by atoms with Crippen molar-refractivity contribution in [1.82, 2.24) is 5.32 Å². The molecule has 1 amide bonds. The van der Waals surface area contributed by atoms with Crippen molar-refractivity contribution in [3.8, 4) is 11.3 Å². The number of carbonyl (C=O) groups is 2. The Bertz CT molecular complexity index is 1240. The van der Waals surface area contributed by atoms with Crippen molar-refractivity contribution in [2.45, 2.75) is 13.8 Å². The summed E-state index contributed by atoms with van der Waals surface area (Å²) >= 11 is 4.79. The van der Waals surface area contributed by atoms with Crippen LogP contribution in [0.3, 0.4) is 0 Å². The molecule has 0 unspecified atom stereocenters. The third-order valence-corrected chi connectivity index (χ3v) is 6.78. The van der Waals surface area contributed by atoms with E-state index in [1.807, 2.05) is 26.0 Å². The van der Waals surface area contributed by atoms with Crippen molar-refractivity contribution in [2.24, 2.45) is 4.99 Å². The molecule has 0 atom stereocenters. The molecule has 1 aliphatic heterocycles. The van der Waals surface area contributed by atoms with E-state index in [1.165, 1.54) is 23.9 Å². The number of carboxylic acid groups (broad SMARTS) is 1. The lowest BCUT2D eigenvalue weighted by molar-refractivity contribution is -0.115. The molecule has 0 spiro atoms. The van der Waals surface area contributed by atoms with E-state index in [0.717, 1.165) is 26.9 Å². The van der Waals surface area contributed by atoms with Gasteiger partial charge in [-0.1, -0.05) is 28.1 Å². The lowest BCUT2D eigenvalue weighted by Gasteiger charge is -2.04. The standard InChI is InChI=1S/C23H17BrN2O4S/c1-12-9-16(10-13(2)20(12)24)25-23-26-21(27)19(31-23)11-17-7-8-18(30-17)14-3-5-15(6-4-14)22(28)29/h3-11H,1-2H3,(H,28,29)(H,25,26,27)/b19-11-. The highest BCUT2D eigenvalue weighted by molar-refractivity contribution is 9.10. The summed E-state index contributed by atoms with van der Waals surface area (Å²) in [4.78, 5) is 28.4. The predicted octanol–water partition coefficient (Wildman–Crippen LogP) is 5.92. The normalized spacial score (nSPS) is 16.2. The van der Waals surface area contributed by atoms with E-state index in [4.69, 9.17) is 9.52 Å². The van der Waals surface area contributed by atoms with E-state index in [-0.39, 0.29) is 11.5 Å². The first-order valence-electron chi connectivity index (χ1n) is 9.30. The summed E-state index contributed by atoms with van der Waals surface area (Å²) < 4.78 is 6.86. The maximum absolute atomic E-state index is 12.4. The molecule has 8 heteroatoms. The van der Waals surface area contributed by atoms with E-state index >= 15 is 0 Å². The fourth-order valence-electron chi connectivity index (χ4n) is 3.08. The number of carboxylic acids is 1. The van der Waals surface area contributed by atoms with Crippen LogP contribution in [0.25, 0.3) is 17.4 Å². The van der Waals surface area contributed by atoms with Gasteiger partial charge in [0, 0.05) is 16.1 Å². The summed E-state index contributed by atoms with van der Waals surface area (Å²) in [6.45, 7) is 3.99. The van der Waals surface area contributed by atoms with Gasteiger partial charge in [0.15, 0.2) is 5.17 Å². The van der Waals surface area contributed by atoms with E-state index in [2.05, 4.69) is 26.2 Å². The Labute approximate surface area is 191 Å². The number of aliphatic imine (C=N–C) groups is 1. The van der Waals surface area contributed by atoms with E-state index in [0.29, 0.717) is 21.6 Å². The molecule has 1 fully saturated rings. The maximum atomic E-state index is 12.4. The molecule has 156 valence electrons. The largest absolute Gasteiger partial charge is 0.478 e. The number of hydrogen-bond acceptors (Lipinski definition) is 5. The van der Waals surface area contributed by atoms with Crippen LogP contribution in [-0.2, 0) is 4.79 Å². The number of nitrogens with one attached hydrogen (secondary N) is 1. The first-order valence-corrected chi connectivity index (χ1v) is 10.9. The number of nitrogens with zero attached hydrogens (tertiary/aromatic N) is 1. The summed E-state index contributed by atoms with van der Waals surface area (Å²) in [6, 6.07) is 13.9. The van der Waals surface area contributed by atoms with Crippen molar-refractivity contribution in [3.63, 3.8) is 0 Å². The lowest BCUT2D eigenvalue weighted by atomic mass is 10.1. The van der Waals surface area contributed by atoms with Gasteiger partial charge in [-0.15, -0.1) is 0 Å². The van der Waals surface area contributed by atoms with Gasteiger partial charge in [-0.2, -0.15) is 0 Å². The second kappa shape index (κ2) is 8.56. The fraction of sp³-hybridized carbons (Fsp3) is 0.0870. The molecule has 0 aliphatic carbocycles. The van der Waals surface area contributed by atoms with Crippen LogP contribution in [0.4, 0.5) is 5.69 Å². The molecular weight excluding hydrogens is 480 g/mol. The van der Waals surface area contributed by atoms with Gasteiger partial charge in [-0.05, 0) is 73.1 Å². The Morgan fingerprint density at radius 1 is 1.13 bits per heavy atom. The van der Waals surface area contributed by atoms with Crippen molar-refractivity contribution in [1.29, 1.82) is 0 Å². The monoisotopic (exact) mass is 496 g/mol. The quantitative estimate of drug-likeness (QED) is 0.437. The van der Waals surface area contributed by atoms with Crippen molar-refractivity contribution >= 4 is 56.5 Å². The zero-order chi connectivity index (χ0) is 22.1. The molecule has 0 radical (unpaired) electrons. The molecule has 0 bridgehead atoms. The van der Waals surface area contributed by atoms with Gasteiger partial charge in [0.1, 0.15) is 11.5 Å². The van der Waals surface area contributed by atoms with Crippen LogP contribution in [-0.4, -0.2) is 22.2 Å². The number of furan rings is 1. The van der Waals surface area contributed by atoms with Crippen LogP contribution in [0.1, 0.15) is 27.2 Å². The number of aromatic carboxylic acids is 1. The molecule has 3 aromatic rings. The van der Waals surface area contributed by atoms with Crippen molar-refractivity contribution in [2.75, 3.05) is 0 Å². The van der Waals surface area contributed by atoms with Gasteiger partial charge in [-0.3, -0.25) is 4.79 Å². The Balaban J connectivity index is 1.53. The average molecular weight is 497 g/mol. The number of aryl methyl sites for hydroxylation is 2. The number of rotatable bonds is 4. The Morgan fingerprint density at radius 3 is 2.45 bits per heavy atom. The zero-order valence-electron chi connectivity index (χ0n) is 16.6. The predicted molar refractivity (Wildman–Crippen MR) is 126 cm³/mol. The molecular formula is C23H17BrN2O4S. The van der Waals surface area contributed by atoms with E-state index in [1.54, 1.807) is 30.3 Å². The van der Waals surface area contributed by atoms with Crippen LogP contribution in [0.5, 0.6) is 0 Å². The van der Waals surface area contributed by atoms with Gasteiger partial charge in [0.05, 0.1) is 16.2 Å². The molecule has 31 heavy (non-hydrogen) atoms. The molecule has 2 aromatic carbocycles. The van der Waals surface area contributed by atoms with Crippen LogP contribution in [0, 0.1) is 13.8 Å². The Kier molecular flexibility index (Phi) is 5.84. The molecule has 4 rings (SSSR count). The number of carbonyl (C=O) groups excluding carboxylic acids is 1. The number of amidine groups is 1. The van der Waals surface area contributed by atoms with Gasteiger partial charge in [-0.25, -0.2) is 9.79 Å². The minimum absolute atomic E-state index is 0.208. The van der Waals surface area contributed by atoms with Gasteiger partial charge >= 0.3 is 5.97 Å². The Hall–Kier alpha value is -3.10. The second-order valence-electron chi connectivity index (χ2n) is 6.96. The van der Waals surface area contributed by atoms with Gasteiger partial charge in [0.2, 0.25) is 0 Å². The molecule has 1 aliphatic rings. The zero-order valence-corrected chi connectivity index (χ0v) is 19.0. The van der Waals surface area contributed by atoms with Crippen LogP contribution >= 0.6 is 27.7 Å². The third-order valence-electron chi connectivity index (χ3n) is 4.62. The smallest absolute Gasteiger partial charge is 0.335 e. The summed E-state index contributed by atoms with van der Waals surface area (Å²) in [5, 5.41) is 12.3. The van der Waals surface area contributed by atoms with Crippen LogP contribution in [0.2, 0.25) is 0 Å².